The molecule has 2 aromatic heterocycles. The smallest absolute Gasteiger partial charge is 0.264 e. The third-order valence-electron chi connectivity index (χ3n) is 5.82. The molecule has 6 nitrogen and oxygen atoms in total. The molecule has 0 bridgehead atoms. The van der Waals surface area contributed by atoms with E-state index >= 15 is 0 Å². The first kappa shape index (κ1) is 18.6. The second-order valence-electron chi connectivity index (χ2n) is 8.12. The number of nitrogens with zero attached hydrogens (tertiary/aromatic N) is 5. The van der Waals surface area contributed by atoms with E-state index in [1.165, 1.54) is 6.42 Å². The predicted molar refractivity (Wildman–Crippen MR) is 111 cm³/mol. The van der Waals surface area contributed by atoms with Crippen LogP contribution in [-0.4, -0.2) is 72.0 Å². The molecule has 0 aliphatic carbocycles. The van der Waals surface area contributed by atoms with Crippen molar-refractivity contribution in [2.45, 2.75) is 33.6 Å². The van der Waals surface area contributed by atoms with Crippen molar-refractivity contribution in [1.29, 1.82) is 0 Å². The van der Waals surface area contributed by atoms with Gasteiger partial charge in [-0.15, -0.1) is 11.3 Å². The molecule has 0 spiro atoms. The van der Waals surface area contributed by atoms with Crippen LogP contribution in [0.2, 0.25) is 0 Å². The summed E-state index contributed by atoms with van der Waals surface area (Å²) in [5.74, 6) is 2.54. The van der Waals surface area contributed by atoms with Crippen molar-refractivity contribution < 1.29 is 4.79 Å². The summed E-state index contributed by atoms with van der Waals surface area (Å²) in [4.78, 5) is 31.2. The van der Waals surface area contributed by atoms with Crippen LogP contribution in [0.5, 0.6) is 0 Å². The van der Waals surface area contributed by atoms with Gasteiger partial charge in [-0.3, -0.25) is 4.79 Å². The average molecular weight is 388 g/mol. The minimum atomic E-state index is 0.170. The van der Waals surface area contributed by atoms with Gasteiger partial charge < -0.3 is 14.7 Å². The lowest BCUT2D eigenvalue weighted by Gasteiger charge is -2.33. The SMILES string of the molecule is Cc1nc(N2CCN(C)CC2)c2c(C)c(C(=O)N3CCCC(C)C3)sc2n1. The molecule has 4 rings (SSSR count). The van der Waals surface area contributed by atoms with Gasteiger partial charge in [0.1, 0.15) is 16.5 Å². The van der Waals surface area contributed by atoms with Gasteiger partial charge in [-0.2, -0.15) is 0 Å². The number of rotatable bonds is 2. The maximum absolute atomic E-state index is 13.2. The number of hydrogen-bond donors (Lipinski definition) is 0. The van der Waals surface area contributed by atoms with Crippen LogP contribution >= 0.6 is 11.3 Å². The fraction of sp³-hybridized carbons (Fsp3) is 0.650. The monoisotopic (exact) mass is 387 g/mol. The number of fused-ring (bicyclic) bond motifs is 1. The lowest BCUT2D eigenvalue weighted by atomic mass is 10.00. The summed E-state index contributed by atoms with van der Waals surface area (Å²) in [6, 6.07) is 0. The van der Waals surface area contributed by atoms with Crippen LogP contribution in [0.4, 0.5) is 5.82 Å². The fourth-order valence-electron chi connectivity index (χ4n) is 4.19. The Kier molecular flexibility index (Phi) is 5.07. The summed E-state index contributed by atoms with van der Waals surface area (Å²) in [5, 5.41) is 1.07. The number of anilines is 1. The van der Waals surface area contributed by atoms with Crippen LogP contribution in [0.1, 0.15) is 40.8 Å². The highest BCUT2D eigenvalue weighted by Gasteiger charge is 2.28. The van der Waals surface area contributed by atoms with Crippen LogP contribution in [0.25, 0.3) is 10.2 Å². The molecule has 4 heterocycles. The van der Waals surface area contributed by atoms with Crippen LogP contribution in [0.3, 0.4) is 0 Å². The lowest BCUT2D eigenvalue weighted by molar-refractivity contribution is 0.0687. The van der Waals surface area contributed by atoms with Gasteiger partial charge in [-0.25, -0.2) is 9.97 Å². The van der Waals surface area contributed by atoms with Crippen LogP contribution in [-0.2, 0) is 0 Å². The molecule has 0 saturated carbocycles. The number of carbonyl (C=O) groups excluding carboxylic acids is 1. The second kappa shape index (κ2) is 7.36. The second-order valence-corrected chi connectivity index (χ2v) is 9.12. The van der Waals surface area contributed by atoms with E-state index < -0.39 is 0 Å². The predicted octanol–water partition coefficient (Wildman–Crippen LogP) is 2.93. The molecule has 0 N–H and O–H groups in total. The van der Waals surface area contributed by atoms with E-state index in [1.54, 1.807) is 11.3 Å². The summed E-state index contributed by atoms with van der Waals surface area (Å²) in [5.41, 5.74) is 1.05. The molecule has 0 aromatic carbocycles. The average Bonchev–Trinajstić information content (AvgIpc) is 2.97. The summed E-state index contributed by atoms with van der Waals surface area (Å²) < 4.78 is 0. The molecule has 1 atom stereocenters. The van der Waals surface area contributed by atoms with Crippen LogP contribution in [0, 0.1) is 19.8 Å². The van der Waals surface area contributed by atoms with Crippen molar-refractivity contribution in [3.8, 4) is 0 Å². The number of likely N-dealkylation sites (tertiary alicyclic amines) is 1. The maximum atomic E-state index is 13.2. The summed E-state index contributed by atoms with van der Waals surface area (Å²) in [7, 11) is 2.16. The maximum Gasteiger partial charge on any atom is 0.264 e. The van der Waals surface area contributed by atoms with E-state index in [-0.39, 0.29) is 5.91 Å². The molecule has 27 heavy (non-hydrogen) atoms. The Bertz CT molecular complexity index is 856. The van der Waals surface area contributed by atoms with E-state index in [0.29, 0.717) is 5.92 Å². The first-order valence-electron chi connectivity index (χ1n) is 9.94. The number of likely N-dealkylation sites (N-methyl/N-ethyl adjacent to an activating group) is 1. The van der Waals surface area contributed by atoms with Gasteiger partial charge >= 0.3 is 0 Å². The zero-order chi connectivity index (χ0) is 19.1. The minimum absolute atomic E-state index is 0.170. The molecule has 0 radical (unpaired) electrons. The molecule has 7 heteroatoms. The molecule has 146 valence electrons. The van der Waals surface area contributed by atoms with E-state index in [0.717, 1.165) is 78.0 Å². The molecular weight excluding hydrogens is 358 g/mol. The first-order valence-corrected chi connectivity index (χ1v) is 10.8. The van der Waals surface area contributed by atoms with E-state index in [1.807, 2.05) is 11.8 Å². The highest BCUT2D eigenvalue weighted by Crippen LogP contribution is 2.37. The van der Waals surface area contributed by atoms with Gasteiger partial charge in [0.05, 0.1) is 10.3 Å². The standard InChI is InChI=1S/C20H29N5OS/c1-13-6-5-7-25(12-13)20(26)17-14(2)16-18(21-15(3)22-19(16)27-17)24-10-8-23(4)9-11-24/h13H,5-12H2,1-4H3. The number of carbonyl (C=O) groups is 1. The van der Waals surface area contributed by atoms with E-state index in [9.17, 15) is 4.79 Å². The number of aryl methyl sites for hydroxylation is 2. The van der Waals surface area contributed by atoms with Gasteiger partial charge in [-0.05, 0) is 45.2 Å². The Morgan fingerprint density at radius 3 is 2.56 bits per heavy atom. The highest BCUT2D eigenvalue weighted by molar-refractivity contribution is 7.20. The Morgan fingerprint density at radius 2 is 1.85 bits per heavy atom. The van der Waals surface area contributed by atoms with Crippen molar-refractivity contribution in [1.82, 2.24) is 19.8 Å². The zero-order valence-corrected chi connectivity index (χ0v) is 17.6. The third kappa shape index (κ3) is 3.55. The number of piperidine rings is 1. The molecule has 2 aromatic rings. The van der Waals surface area contributed by atoms with Gasteiger partial charge in [0.2, 0.25) is 0 Å². The lowest BCUT2D eigenvalue weighted by Crippen LogP contribution is -2.45. The number of piperazine rings is 1. The quantitative estimate of drug-likeness (QED) is 0.793. The number of aromatic nitrogens is 2. The molecular formula is C20H29N5OS. The van der Waals surface area contributed by atoms with Crippen LogP contribution in [0.15, 0.2) is 0 Å². The van der Waals surface area contributed by atoms with Crippen molar-refractivity contribution in [3.05, 3.63) is 16.3 Å². The Hall–Kier alpha value is -1.73. The molecule has 1 unspecified atom stereocenters. The summed E-state index contributed by atoms with van der Waals surface area (Å²) >= 11 is 1.54. The topological polar surface area (TPSA) is 52.6 Å². The van der Waals surface area contributed by atoms with Crippen molar-refractivity contribution in [3.63, 3.8) is 0 Å². The zero-order valence-electron chi connectivity index (χ0n) is 16.8. The summed E-state index contributed by atoms with van der Waals surface area (Å²) in [6.07, 6.45) is 2.32. The Balaban J connectivity index is 1.73. The molecule has 2 aliphatic rings. The highest BCUT2D eigenvalue weighted by atomic mass is 32.1. The molecule has 2 aliphatic heterocycles. The van der Waals surface area contributed by atoms with Crippen molar-refractivity contribution in [2.75, 3.05) is 51.2 Å². The Labute approximate surface area is 165 Å². The van der Waals surface area contributed by atoms with Crippen molar-refractivity contribution >= 4 is 33.3 Å². The van der Waals surface area contributed by atoms with Crippen molar-refractivity contribution in [2.24, 2.45) is 5.92 Å². The summed E-state index contributed by atoms with van der Waals surface area (Å²) in [6.45, 7) is 12.0. The largest absolute Gasteiger partial charge is 0.353 e. The van der Waals surface area contributed by atoms with Gasteiger partial charge in [0.15, 0.2) is 0 Å². The Morgan fingerprint density at radius 1 is 1.11 bits per heavy atom. The fourth-order valence-corrected chi connectivity index (χ4v) is 5.38. The van der Waals surface area contributed by atoms with Gasteiger partial charge in [0.25, 0.3) is 5.91 Å². The van der Waals surface area contributed by atoms with Crippen LogP contribution < -0.4 is 4.90 Å². The van der Waals surface area contributed by atoms with Gasteiger partial charge in [-0.1, -0.05) is 6.92 Å². The van der Waals surface area contributed by atoms with Gasteiger partial charge in [0, 0.05) is 39.3 Å². The number of amides is 1. The molecule has 2 fully saturated rings. The number of hydrogen-bond acceptors (Lipinski definition) is 6. The first-order chi connectivity index (χ1) is 12.9. The van der Waals surface area contributed by atoms with E-state index in [2.05, 4.69) is 35.7 Å². The van der Waals surface area contributed by atoms with E-state index in [4.69, 9.17) is 4.98 Å². The number of thiophene rings is 1. The normalized spacial score (nSPS) is 21.9. The molecule has 2 saturated heterocycles. The third-order valence-corrected chi connectivity index (χ3v) is 7.00. The minimum Gasteiger partial charge on any atom is -0.353 e. The molecule has 1 amide bonds.